The second-order valence-electron chi connectivity index (χ2n) is 5.14. The SMILES string of the molecule is COC(=O)c1ccc(S(=O)(=O)N2CCNCC2C)c(C)c1. The molecule has 1 unspecified atom stereocenters. The fourth-order valence-electron chi connectivity index (χ4n) is 2.49. The number of benzene rings is 1. The number of methoxy groups -OCH3 is 1. The molecule has 1 aliphatic rings. The summed E-state index contributed by atoms with van der Waals surface area (Å²) in [7, 11) is -2.25. The molecule has 1 aliphatic heterocycles. The summed E-state index contributed by atoms with van der Waals surface area (Å²) in [5.74, 6) is -0.474. The quantitative estimate of drug-likeness (QED) is 0.834. The van der Waals surface area contributed by atoms with E-state index in [9.17, 15) is 13.2 Å². The molecule has 2 rings (SSSR count). The Morgan fingerprint density at radius 3 is 2.71 bits per heavy atom. The van der Waals surface area contributed by atoms with Crippen molar-refractivity contribution in [2.75, 3.05) is 26.7 Å². The third kappa shape index (κ3) is 3.09. The highest BCUT2D eigenvalue weighted by atomic mass is 32.2. The maximum atomic E-state index is 12.8. The van der Waals surface area contributed by atoms with Gasteiger partial charge in [-0.2, -0.15) is 4.31 Å². The van der Waals surface area contributed by atoms with Crippen LogP contribution in [0.25, 0.3) is 0 Å². The van der Waals surface area contributed by atoms with E-state index < -0.39 is 16.0 Å². The van der Waals surface area contributed by atoms with Crippen LogP contribution in [0.15, 0.2) is 23.1 Å². The Labute approximate surface area is 125 Å². The average molecular weight is 312 g/mol. The number of piperazine rings is 1. The average Bonchev–Trinajstić information content (AvgIpc) is 2.46. The van der Waals surface area contributed by atoms with E-state index in [4.69, 9.17) is 0 Å². The zero-order valence-electron chi connectivity index (χ0n) is 12.4. The summed E-state index contributed by atoms with van der Waals surface area (Å²) in [6.45, 7) is 5.29. The predicted octanol–water partition coefficient (Wildman–Crippen LogP) is 0.764. The number of carbonyl (C=O) groups excluding carboxylic acids is 1. The molecule has 7 heteroatoms. The number of hydrogen-bond acceptors (Lipinski definition) is 5. The van der Waals surface area contributed by atoms with Crippen LogP contribution in [0.3, 0.4) is 0 Å². The van der Waals surface area contributed by atoms with Crippen molar-refractivity contribution in [2.45, 2.75) is 24.8 Å². The summed E-state index contributed by atoms with van der Waals surface area (Å²) in [5.41, 5.74) is 0.894. The number of sulfonamides is 1. The van der Waals surface area contributed by atoms with Crippen LogP contribution in [0.1, 0.15) is 22.8 Å². The summed E-state index contributed by atoms with van der Waals surface area (Å²) in [6, 6.07) is 4.42. The van der Waals surface area contributed by atoms with E-state index in [1.165, 1.54) is 23.5 Å². The zero-order valence-corrected chi connectivity index (χ0v) is 13.2. The largest absolute Gasteiger partial charge is 0.465 e. The number of nitrogens with one attached hydrogen (secondary N) is 1. The molecule has 0 aromatic heterocycles. The third-order valence-electron chi connectivity index (χ3n) is 3.62. The first-order valence-corrected chi connectivity index (χ1v) is 8.23. The molecule has 0 spiro atoms. The Bertz CT molecular complexity index is 642. The van der Waals surface area contributed by atoms with Crippen molar-refractivity contribution >= 4 is 16.0 Å². The fraction of sp³-hybridized carbons (Fsp3) is 0.500. The van der Waals surface area contributed by atoms with Gasteiger partial charge in [0.05, 0.1) is 17.6 Å². The van der Waals surface area contributed by atoms with Gasteiger partial charge in [0.25, 0.3) is 0 Å². The number of ether oxygens (including phenoxy) is 1. The summed E-state index contributed by atoms with van der Waals surface area (Å²) in [6.07, 6.45) is 0. The van der Waals surface area contributed by atoms with Crippen LogP contribution in [0.5, 0.6) is 0 Å². The van der Waals surface area contributed by atoms with Crippen LogP contribution in [0.2, 0.25) is 0 Å². The van der Waals surface area contributed by atoms with E-state index in [0.29, 0.717) is 30.8 Å². The molecule has 1 aromatic carbocycles. The van der Waals surface area contributed by atoms with Crippen LogP contribution >= 0.6 is 0 Å². The number of carbonyl (C=O) groups is 1. The molecule has 1 saturated heterocycles. The van der Waals surface area contributed by atoms with Crippen molar-refractivity contribution in [1.82, 2.24) is 9.62 Å². The maximum absolute atomic E-state index is 12.8. The predicted molar refractivity (Wildman–Crippen MR) is 78.7 cm³/mol. The lowest BCUT2D eigenvalue weighted by Gasteiger charge is -2.33. The van der Waals surface area contributed by atoms with Crippen LogP contribution in [-0.4, -0.2) is 51.5 Å². The number of hydrogen-bond donors (Lipinski definition) is 1. The van der Waals surface area contributed by atoms with E-state index in [1.54, 1.807) is 13.0 Å². The molecule has 0 amide bonds. The van der Waals surface area contributed by atoms with Crippen molar-refractivity contribution in [3.63, 3.8) is 0 Å². The molecule has 1 atom stereocenters. The van der Waals surface area contributed by atoms with Crippen molar-refractivity contribution in [3.05, 3.63) is 29.3 Å². The summed E-state index contributed by atoms with van der Waals surface area (Å²) in [5, 5.41) is 3.17. The van der Waals surface area contributed by atoms with Gasteiger partial charge in [-0.1, -0.05) is 0 Å². The smallest absolute Gasteiger partial charge is 0.337 e. The summed E-state index contributed by atoms with van der Waals surface area (Å²) >= 11 is 0. The first-order chi connectivity index (χ1) is 9.87. The summed E-state index contributed by atoms with van der Waals surface area (Å²) < 4.78 is 31.6. The normalized spacial score (nSPS) is 20.2. The molecule has 1 N–H and O–H groups in total. The van der Waals surface area contributed by atoms with Gasteiger partial charge >= 0.3 is 5.97 Å². The zero-order chi connectivity index (χ0) is 15.6. The Kier molecular flexibility index (Phi) is 4.65. The second-order valence-corrected chi connectivity index (χ2v) is 7.00. The van der Waals surface area contributed by atoms with Crippen molar-refractivity contribution in [2.24, 2.45) is 0 Å². The van der Waals surface area contributed by atoms with Crippen LogP contribution < -0.4 is 5.32 Å². The Morgan fingerprint density at radius 2 is 2.14 bits per heavy atom. The lowest BCUT2D eigenvalue weighted by atomic mass is 10.1. The van der Waals surface area contributed by atoms with Gasteiger partial charge in [0.15, 0.2) is 0 Å². The molecule has 0 radical (unpaired) electrons. The lowest BCUT2D eigenvalue weighted by molar-refractivity contribution is 0.0600. The highest BCUT2D eigenvalue weighted by molar-refractivity contribution is 7.89. The minimum atomic E-state index is -3.55. The van der Waals surface area contributed by atoms with E-state index in [0.717, 1.165) is 0 Å². The highest BCUT2D eigenvalue weighted by Gasteiger charge is 2.32. The van der Waals surface area contributed by atoms with E-state index in [-0.39, 0.29) is 10.9 Å². The van der Waals surface area contributed by atoms with Gasteiger partial charge in [0, 0.05) is 25.7 Å². The first kappa shape index (κ1) is 15.9. The highest BCUT2D eigenvalue weighted by Crippen LogP contribution is 2.23. The van der Waals surface area contributed by atoms with Crippen molar-refractivity contribution < 1.29 is 17.9 Å². The van der Waals surface area contributed by atoms with Gasteiger partial charge in [0.1, 0.15) is 0 Å². The Morgan fingerprint density at radius 1 is 1.43 bits per heavy atom. The maximum Gasteiger partial charge on any atom is 0.337 e. The first-order valence-electron chi connectivity index (χ1n) is 6.79. The summed E-state index contributed by atoms with van der Waals surface area (Å²) in [4.78, 5) is 11.7. The van der Waals surface area contributed by atoms with E-state index >= 15 is 0 Å². The number of aryl methyl sites for hydroxylation is 1. The number of esters is 1. The molecule has 0 aliphatic carbocycles. The number of rotatable bonds is 3. The molecule has 116 valence electrons. The third-order valence-corrected chi connectivity index (χ3v) is 5.80. The Hall–Kier alpha value is -1.44. The van der Waals surface area contributed by atoms with Gasteiger partial charge < -0.3 is 10.1 Å². The Balaban J connectivity index is 2.38. The van der Waals surface area contributed by atoms with Gasteiger partial charge in [-0.3, -0.25) is 0 Å². The van der Waals surface area contributed by atoms with E-state index in [2.05, 4.69) is 10.1 Å². The molecule has 0 saturated carbocycles. The second kappa shape index (κ2) is 6.13. The molecule has 1 heterocycles. The molecule has 6 nitrogen and oxygen atoms in total. The van der Waals surface area contributed by atoms with Gasteiger partial charge in [-0.25, -0.2) is 13.2 Å². The molecular weight excluding hydrogens is 292 g/mol. The van der Waals surface area contributed by atoms with Crippen molar-refractivity contribution in [1.29, 1.82) is 0 Å². The minimum absolute atomic E-state index is 0.0940. The van der Waals surface area contributed by atoms with Gasteiger partial charge in [0.2, 0.25) is 10.0 Å². The van der Waals surface area contributed by atoms with Gasteiger partial charge in [-0.15, -0.1) is 0 Å². The van der Waals surface area contributed by atoms with Crippen molar-refractivity contribution in [3.8, 4) is 0 Å². The molecule has 1 fully saturated rings. The molecular formula is C14H20N2O4S. The number of nitrogens with zero attached hydrogens (tertiary/aromatic N) is 1. The van der Waals surface area contributed by atoms with Gasteiger partial charge in [-0.05, 0) is 37.6 Å². The minimum Gasteiger partial charge on any atom is -0.465 e. The molecule has 21 heavy (non-hydrogen) atoms. The van der Waals surface area contributed by atoms with Crippen LogP contribution in [0.4, 0.5) is 0 Å². The monoisotopic (exact) mass is 312 g/mol. The molecule has 0 bridgehead atoms. The molecule has 1 aromatic rings. The lowest BCUT2D eigenvalue weighted by Crippen LogP contribution is -2.52. The van der Waals surface area contributed by atoms with E-state index in [1.807, 2.05) is 6.92 Å². The topological polar surface area (TPSA) is 75.7 Å². The van der Waals surface area contributed by atoms with Crippen LogP contribution in [0, 0.1) is 6.92 Å². The van der Waals surface area contributed by atoms with Crippen LogP contribution in [-0.2, 0) is 14.8 Å². The fourth-order valence-corrected chi connectivity index (χ4v) is 4.33. The standard InChI is InChI=1S/C14H20N2O4S/c1-10-8-12(14(17)20-3)4-5-13(10)21(18,19)16-7-6-15-9-11(16)2/h4-5,8,11,15H,6-7,9H2,1-3H3.